The summed E-state index contributed by atoms with van der Waals surface area (Å²) >= 11 is 0. The van der Waals surface area contributed by atoms with Crippen LogP contribution in [0.15, 0.2) is 70.2 Å². The average Bonchev–Trinajstić information content (AvgIpc) is 3.67. The van der Waals surface area contributed by atoms with E-state index in [9.17, 15) is 12.6 Å². The van der Waals surface area contributed by atoms with E-state index < -0.39 is 21.0 Å². The van der Waals surface area contributed by atoms with Crippen molar-refractivity contribution >= 4 is 37.6 Å². The summed E-state index contributed by atoms with van der Waals surface area (Å²) in [6.07, 6.45) is 4.26. The number of methoxy groups -OCH3 is 1. The fraction of sp³-hybridized carbons (Fsp3) is 0.333. The van der Waals surface area contributed by atoms with Gasteiger partial charge < -0.3 is 9.15 Å². The molecule has 15 heteroatoms. The number of nitrogens with one attached hydrogen (secondary N) is 1. The van der Waals surface area contributed by atoms with Crippen LogP contribution in [-0.2, 0) is 27.6 Å². The molecule has 13 nitrogen and oxygen atoms in total. The number of benzene rings is 2. The van der Waals surface area contributed by atoms with Crippen LogP contribution in [0.25, 0.3) is 33.5 Å². The largest absolute Gasteiger partial charge is 0.480 e. The zero-order valence-corrected chi connectivity index (χ0v) is 27.0. The molecule has 0 amide bonds. The first kappa shape index (κ1) is 30.8. The number of rotatable bonds is 10. The van der Waals surface area contributed by atoms with Crippen LogP contribution >= 0.6 is 0 Å². The minimum absolute atomic E-state index is 0.122. The van der Waals surface area contributed by atoms with Crippen molar-refractivity contribution in [1.82, 2.24) is 34.2 Å². The van der Waals surface area contributed by atoms with Crippen molar-refractivity contribution in [3.63, 3.8) is 0 Å². The third kappa shape index (κ3) is 6.76. The molecule has 0 radical (unpaired) electrons. The average molecular weight is 651 g/mol. The zero-order valence-electron chi connectivity index (χ0n) is 25.4. The third-order valence-corrected chi connectivity index (χ3v) is 9.50. The molecular weight excluding hydrogens is 617 g/mol. The Hall–Kier alpha value is -4.18. The maximum Gasteiger partial charge on any atom is 0.248 e. The van der Waals surface area contributed by atoms with Crippen molar-refractivity contribution in [1.29, 1.82) is 0 Å². The van der Waals surface area contributed by atoms with Gasteiger partial charge >= 0.3 is 0 Å². The highest BCUT2D eigenvalue weighted by molar-refractivity contribution is 7.92. The molecule has 0 aliphatic carbocycles. The Balaban J connectivity index is 1.42. The van der Waals surface area contributed by atoms with Gasteiger partial charge in [-0.05, 0) is 49.7 Å². The van der Waals surface area contributed by atoms with Crippen molar-refractivity contribution in [2.75, 3.05) is 44.3 Å². The molecule has 0 spiro atoms. The summed E-state index contributed by atoms with van der Waals surface area (Å²) < 4.78 is 53.2. The van der Waals surface area contributed by atoms with Crippen LogP contribution in [-0.4, -0.2) is 92.4 Å². The van der Waals surface area contributed by atoms with Gasteiger partial charge in [0, 0.05) is 49.4 Å². The van der Waals surface area contributed by atoms with Crippen LogP contribution in [0.3, 0.4) is 0 Å². The Bertz CT molecular complexity index is 1950. The van der Waals surface area contributed by atoms with Gasteiger partial charge in [-0.3, -0.25) is 14.5 Å². The first-order valence-electron chi connectivity index (χ1n) is 14.4. The Kier molecular flexibility index (Phi) is 8.68. The molecule has 4 heterocycles. The summed E-state index contributed by atoms with van der Waals surface area (Å²) in [5.41, 5.74) is 2.54. The summed E-state index contributed by atoms with van der Waals surface area (Å²) in [6.45, 7) is 8.71. The fourth-order valence-electron chi connectivity index (χ4n) is 5.32. The van der Waals surface area contributed by atoms with Crippen molar-refractivity contribution in [2.24, 2.45) is 0 Å². The van der Waals surface area contributed by atoms with Crippen molar-refractivity contribution in [3.8, 4) is 28.5 Å². The lowest BCUT2D eigenvalue weighted by Gasteiger charge is -2.36. The predicted octanol–water partition coefficient (Wildman–Crippen LogP) is 3.63. The second-order valence-electron chi connectivity index (χ2n) is 11.1. The van der Waals surface area contributed by atoms with Gasteiger partial charge in [0.1, 0.15) is 5.69 Å². The van der Waals surface area contributed by atoms with E-state index in [-0.39, 0.29) is 11.6 Å². The van der Waals surface area contributed by atoms with E-state index in [0.29, 0.717) is 56.9 Å². The summed E-state index contributed by atoms with van der Waals surface area (Å²) in [6, 6.07) is 14.9. The molecule has 1 unspecified atom stereocenters. The van der Waals surface area contributed by atoms with Crippen LogP contribution in [0.4, 0.5) is 5.69 Å². The van der Waals surface area contributed by atoms with Gasteiger partial charge in [0.05, 0.1) is 42.1 Å². The van der Waals surface area contributed by atoms with Gasteiger partial charge in [-0.2, -0.15) is 9.19 Å². The molecule has 5 aromatic rings. The van der Waals surface area contributed by atoms with Crippen LogP contribution in [0, 0.1) is 0 Å². The first-order chi connectivity index (χ1) is 21.6. The molecule has 1 aliphatic heterocycles. The highest BCUT2D eigenvalue weighted by Gasteiger charge is 2.23. The third-order valence-electron chi connectivity index (χ3n) is 7.62. The van der Waals surface area contributed by atoms with E-state index in [2.05, 4.69) is 48.6 Å². The van der Waals surface area contributed by atoms with Crippen molar-refractivity contribution in [3.05, 3.63) is 66.8 Å². The molecule has 1 aliphatic rings. The lowest BCUT2D eigenvalue weighted by atomic mass is 10.0. The number of hydrogen-bond donors (Lipinski definition) is 1. The van der Waals surface area contributed by atoms with Gasteiger partial charge in [-0.15, -0.1) is 10.2 Å². The highest BCUT2D eigenvalue weighted by atomic mass is 32.2. The molecule has 6 rings (SSSR count). The Morgan fingerprint density at radius 2 is 1.78 bits per heavy atom. The topological polar surface area (TPSA) is 149 Å². The quantitative estimate of drug-likeness (QED) is 0.236. The number of piperazine rings is 1. The Morgan fingerprint density at radius 1 is 1.02 bits per heavy atom. The van der Waals surface area contributed by atoms with Crippen LogP contribution in [0.5, 0.6) is 5.88 Å². The van der Waals surface area contributed by atoms with Crippen molar-refractivity contribution < 1.29 is 21.8 Å². The van der Waals surface area contributed by atoms with E-state index in [1.807, 2.05) is 30.3 Å². The molecule has 236 valence electrons. The number of pyridine rings is 1. The highest BCUT2D eigenvalue weighted by Crippen LogP contribution is 2.36. The van der Waals surface area contributed by atoms with Crippen molar-refractivity contribution in [2.45, 2.75) is 31.3 Å². The monoisotopic (exact) mass is 650 g/mol. The number of sulfonamides is 1. The molecule has 45 heavy (non-hydrogen) atoms. The van der Waals surface area contributed by atoms with E-state index in [0.717, 1.165) is 32.4 Å². The van der Waals surface area contributed by atoms with E-state index in [1.165, 1.54) is 11.2 Å². The van der Waals surface area contributed by atoms with Crippen LogP contribution in [0.2, 0.25) is 0 Å². The maximum atomic E-state index is 13.6. The number of anilines is 1. The number of hydrogen-bond acceptors (Lipinski definition) is 11. The molecule has 0 saturated carbocycles. The van der Waals surface area contributed by atoms with E-state index >= 15 is 0 Å². The SMILES string of the molecule is COc1ncc(-c2cc(-c3nnc(CN4CCN(C(C)C)CC4)o3)c3cnn(S(=O)c4ccccc4)c3c2)cc1NS(C)(=O)=O. The van der Waals surface area contributed by atoms with Gasteiger partial charge in [0.25, 0.3) is 0 Å². The molecule has 2 aromatic carbocycles. The molecule has 1 fully saturated rings. The predicted molar refractivity (Wildman–Crippen MR) is 172 cm³/mol. The van der Waals surface area contributed by atoms with Gasteiger partial charge in [0.2, 0.25) is 27.7 Å². The second kappa shape index (κ2) is 12.7. The summed E-state index contributed by atoms with van der Waals surface area (Å²) in [5.74, 6) is 0.905. The molecular formula is C30H34N8O5S2. The lowest BCUT2D eigenvalue weighted by molar-refractivity contribution is 0.0979. The fourth-order valence-corrected chi connectivity index (χ4v) is 6.92. The standard InChI is InChI=1S/C30H34N8O5S2/c1-20(2)37-12-10-36(11-13-37)19-28-33-34-29(43-28)24-14-21(22-15-26(35-45(4,40)41)30(42-3)31-17-22)16-27-25(24)18-32-38(27)44(39)23-8-6-5-7-9-23/h5-9,14-18,20,35H,10-13,19H2,1-4H3. The second-order valence-corrected chi connectivity index (χ2v) is 14.2. The smallest absolute Gasteiger partial charge is 0.248 e. The lowest BCUT2D eigenvalue weighted by Crippen LogP contribution is -2.48. The van der Waals surface area contributed by atoms with Gasteiger partial charge in [-0.25, -0.2) is 17.6 Å². The minimum Gasteiger partial charge on any atom is -0.480 e. The number of fused-ring (bicyclic) bond motifs is 1. The molecule has 1 atom stereocenters. The van der Waals surface area contributed by atoms with Gasteiger partial charge in [0.15, 0.2) is 11.0 Å². The summed E-state index contributed by atoms with van der Waals surface area (Å²) in [4.78, 5) is 9.65. The normalized spacial score (nSPS) is 15.5. The number of ether oxygens (including phenoxy) is 1. The zero-order chi connectivity index (χ0) is 31.7. The summed E-state index contributed by atoms with van der Waals surface area (Å²) in [5, 5.41) is 13.9. The van der Waals surface area contributed by atoms with Crippen LogP contribution in [0.1, 0.15) is 19.7 Å². The molecule has 1 N–H and O–H groups in total. The van der Waals surface area contributed by atoms with E-state index in [4.69, 9.17) is 9.15 Å². The molecule has 0 bridgehead atoms. The first-order valence-corrected chi connectivity index (χ1v) is 17.4. The Morgan fingerprint density at radius 3 is 2.47 bits per heavy atom. The van der Waals surface area contributed by atoms with Crippen LogP contribution < -0.4 is 9.46 Å². The minimum atomic E-state index is -3.62. The van der Waals surface area contributed by atoms with Gasteiger partial charge in [-0.1, -0.05) is 18.2 Å². The number of nitrogens with zero attached hydrogens (tertiary/aromatic N) is 7. The van der Waals surface area contributed by atoms with E-state index in [1.54, 1.807) is 30.6 Å². The molecule has 3 aromatic heterocycles. The maximum absolute atomic E-state index is 13.6. The molecule has 1 saturated heterocycles. The Labute approximate surface area is 263 Å². The number of aromatic nitrogens is 5. The summed E-state index contributed by atoms with van der Waals surface area (Å²) in [7, 11) is -3.85.